The first-order chi connectivity index (χ1) is 12.9. The van der Waals surface area contributed by atoms with E-state index >= 15 is 0 Å². The molecular formula is C21H28N4O2. The lowest BCUT2D eigenvalue weighted by molar-refractivity contribution is -0.139. The Balaban J connectivity index is 1.43. The number of rotatable bonds is 7. The Morgan fingerprint density at radius 1 is 1.30 bits per heavy atom. The molecule has 0 radical (unpaired) electrons. The maximum absolute atomic E-state index is 11.9. The summed E-state index contributed by atoms with van der Waals surface area (Å²) in [7, 11) is 1.93. The van der Waals surface area contributed by atoms with Gasteiger partial charge in [0.05, 0.1) is 23.9 Å². The van der Waals surface area contributed by atoms with Crippen LogP contribution in [0.2, 0.25) is 0 Å². The van der Waals surface area contributed by atoms with Crippen molar-refractivity contribution in [2.24, 2.45) is 7.05 Å². The van der Waals surface area contributed by atoms with Gasteiger partial charge in [0, 0.05) is 45.4 Å². The zero-order valence-corrected chi connectivity index (χ0v) is 16.4. The van der Waals surface area contributed by atoms with Crippen LogP contribution in [0.3, 0.4) is 0 Å². The number of carbonyl (C=O) groups excluding carboxylic acids is 1. The van der Waals surface area contributed by atoms with Crippen LogP contribution >= 0.6 is 0 Å². The number of hydrogen-bond donors (Lipinski definition) is 1. The van der Waals surface area contributed by atoms with Crippen molar-refractivity contribution in [1.82, 2.24) is 20.0 Å². The number of likely N-dealkylation sites (tertiary alicyclic amines) is 1. The van der Waals surface area contributed by atoms with Gasteiger partial charge in [0.2, 0.25) is 5.91 Å². The second-order valence-electron chi connectivity index (χ2n) is 8.20. The summed E-state index contributed by atoms with van der Waals surface area (Å²) in [6.45, 7) is 6.76. The Kier molecular flexibility index (Phi) is 4.56. The summed E-state index contributed by atoms with van der Waals surface area (Å²) in [6, 6.07) is 8.42. The number of nitrogens with one attached hydrogen (secondary N) is 1. The van der Waals surface area contributed by atoms with Gasteiger partial charge in [-0.2, -0.15) is 5.10 Å². The number of nitrogens with zero attached hydrogens (tertiary/aromatic N) is 3. The molecule has 0 bridgehead atoms. The highest BCUT2D eigenvalue weighted by atomic mass is 16.5. The normalized spacial score (nSPS) is 20.1. The van der Waals surface area contributed by atoms with Crippen LogP contribution in [-0.2, 0) is 29.7 Å². The van der Waals surface area contributed by atoms with Crippen molar-refractivity contribution in [3.8, 4) is 0 Å². The average Bonchev–Trinajstić information content (AvgIpc) is 3.27. The van der Waals surface area contributed by atoms with E-state index in [1.807, 2.05) is 24.1 Å². The average molecular weight is 368 g/mol. The van der Waals surface area contributed by atoms with Crippen molar-refractivity contribution in [2.75, 3.05) is 13.1 Å². The highest BCUT2D eigenvalue weighted by Crippen LogP contribution is 2.52. The van der Waals surface area contributed by atoms with Gasteiger partial charge < -0.3 is 10.1 Å². The molecule has 0 spiro atoms. The predicted octanol–water partition coefficient (Wildman–Crippen LogP) is 2.17. The minimum Gasteiger partial charge on any atom is -0.368 e. The first-order valence-corrected chi connectivity index (χ1v) is 9.58. The van der Waals surface area contributed by atoms with Gasteiger partial charge in [0.25, 0.3) is 0 Å². The monoisotopic (exact) mass is 368 g/mol. The molecule has 1 saturated heterocycles. The Morgan fingerprint density at radius 2 is 2.07 bits per heavy atom. The zero-order valence-electron chi connectivity index (χ0n) is 16.4. The molecule has 0 unspecified atom stereocenters. The zero-order chi connectivity index (χ0) is 19.1. The lowest BCUT2D eigenvalue weighted by Gasteiger charge is -2.54. The van der Waals surface area contributed by atoms with Crippen molar-refractivity contribution >= 4 is 5.91 Å². The van der Waals surface area contributed by atoms with E-state index in [9.17, 15) is 4.79 Å². The molecule has 27 heavy (non-hydrogen) atoms. The van der Waals surface area contributed by atoms with Crippen molar-refractivity contribution in [1.29, 1.82) is 0 Å². The highest BCUT2D eigenvalue weighted by Gasteiger charge is 2.66. The molecule has 1 N–H and O–H groups in total. The van der Waals surface area contributed by atoms with Crippen molar-refractivity contribution in [3.63, 3.8) is 0 Å². The number of aromatic nitrogens is 2. The molecule has 6 nitrogen and oxygen atoms in total. The Morgan fingerprint density at radius 3 is 2.67 bits per heavy atom. The second-order valence-corrected chi connectivity index (χ2v) is 8.20. The molecule has 144 valence electrons. The summed E-state index contributed by atoms with van der Waals surface area (Å²) in [4.78, 5) is 14.3. The van der Waals surface area contributed by atoms with Crippen LogP contribution in [0, 0.1) is 6.92 Å². The molecule has 1 aromatic carbocycles. The number of carbonyl (C=O) groups is 1. The third kappa shape index (κ3) is 3.64. The molecular weight excluding hydrogens is 340 g/mol. The first kappa shape index (κ1) is 18.2. The smallest absolute Gasteiger partial charge is 0.217 e. The van der Waals surface area contributed by atoms with E-state index in [1.165, 1.54) is 16.7 Å². The van der Waals surface area contributed by atoms with E-state index < -0.39 is 0 Å². The van der Waals surface area contributed by atoms with E-state index in [1.54, 1.807) is 6.92 Å². The van der Waals surface area contributed by atoms with Gasteiger partial charge in [-0.3, -0.25) is 14.4 Å². The molecule has 2 aromatic rings. The summed E-state index contributed by atoms with van der Waals surface area (Å²) < 4.78 is 8.26. The van der Waals surface area contributed by atoms with E-state index in [4.69, 9.17) is 4.74 Å². The van der Waals surface area contributed by atoms with Crippen LogP contribution in [0.4, 0.5) is 0 Å². The summed E-state index contributed by atoms with van der Waals surface area (Å²) >= 11 is 0. The van der Waals surface area contributed by atoms with Crippen LogP contribution in [0.25, 0.3) is 0 Å². The largest absolute Gasteiger partial charge is 0.368 e. The quantitative estimate of drug-likeness (QED) is 0.814. The third-order valence-corrected chi connectivity index (χ3v) is 5.74. The first-order valence-electron chi connectivity index (χ1n) is 9.58. The van der Waals surface area contributed by atoms with Crippen molar-refractivity contribution in [2.45, 2.75) is 51.0 Å². The van der Waals surface area contributed by atoms with Gasteiger partial charge in [-0.15, -0.1) is 0 Å². The Bertz CT molecular complexity index is 834. The van der Waals surface area contributed by atoms with Gasteiger partial charge >= 0.3 is 0 Å². The van der Waals surface area contributed by atoms with Crippen LogP contribution in [-0.4, -0.2) is 44.8 Å². The van der Waals surface area contributed by atoms with E-state index in [-0.39, 0.29) is 17.0 Å². The van der Waals surface area contributed by atoms with Crippen LogP contribution < -0.4 is 5.32 Å². The summed E-state index contributed by atoms with van der Waals surface area (Å²) in [5.74, 6) is 0.0152. The molecule has 4 rings (SSSR count). The number of aryl methyl sites for hydroxylation is 2. The molecule has 1 aliphatic heterocycles. The number of ether oxygens (including phenoxy) is 1. The molecule has 1 aliphatic carbocycles. The standard InChI is InChI=1S/C21H28N4O2/c1-16-5-4-6-18(9-16)13-27-21(7-8-21)20(23-17(2)26)14-25(15-20)12-19-10-22-24(3)11-19/h4-6,9-11H,7-8,12-15H2,1-3H3,(H,23,26). The van der Waals surface area contributed by atoms with E-state index in [2.05, 4.69) is 46.5 Å². The lowest BCUT2D eigenvalue weighted by atomic mass is 9.81. The molecule has 2 heterocycles. The highest BCUT2D eigenvalue weighted by molar-refractivity contribution is 5.74. The molecule has 2 fully saturated rings. The third-order valence-electron chi connectivity index (χ3n) is 5.74. The van der Waals surface area contributed by atoms with Crippen molar-refractivity contribution < 1.29 is 9.53 Å². The van der Waals surface area contributed by atoms with Gasteiger partial charge in [0.15, 0.2) is 0 Å². The minimum atomic E-state index is -0.287. The van der Waals surface area contributed by atoms with Crippen LogP contribution in [0.1, 0.15) is 36.5 Å². The predicted molar refractivity (Wildman–Crippen MR) is 103 cm³/mol. The van der Waals surface area contributed by atoms with E-state index in [0.29, 0.717) is 6.61 Å². The van der Waals surface area contributed by atoms with Crippen LogP contribution in [0.5, 0.6) is 0 Å². The molecule has 1 aromatic heterocycles. The van der Waals surface area contributed by atoms with Gasteiger partial charge in [-0.05, 0) is 25.3 Å². The maximum atomic E-state index is 11.9. The van der Waals surface area contributed by atoms with Gasteiger partial charge in [-0.25, -0.2) is 0 Å². The summed E-state index contributed by atoms with van der Waals surface area (Å²) in [6.07, 6.45) is 5.94. The molecule has 6 heteroatoms. The molecule has 0 atom stereocenters. The van der Waals surface area contributed by atoms with Gasteiger partial charge in [0.1, 0.15) is 0 Å². The fourth-order valence-electron chi connectivity index (χ4n) is 4.36. The SMILES string of the molecule is CC(=O)NC1(C2(OCc3cccc(C)c3)CC2)CN(Cc2cnn(C)c2)C1. The number of hydrogen-bond acceptors (Lipinski definition) is 4. The summed E-state index contributed by atoms with van der Waals surface area (Å²) in [5.41, 5.74) is 3.09. The molecule has 1 amide bonds. The maximum Gasteiger partial charge on any atom is 0.217 e. The fourth-order valence-corrected chi connectivity index (χ4v) is 4.36. The minimum absolute atomic E-state index is 0.0152. The lowest BCUT2D eigenvalue weighted by Crippen LogP contribution is -2.76. The Hall–Kier alpha value is -2.18. The number of benzene rings is 1. The second kappa shape index (κ2) is 6.77. The number of amides is 1. The summed E-state index contributed by atoms with van der Waals surface area (Å²) in [5, 5.41) is 7.48. The molecule has 2 aliphatic rings. The molecule has 1 saturated carbocycles. The Labute approximate surface area is 160 Å². The van der Waals surface area contributed by atoms with Crippen LogP contribution in [0.15, 0.2) is 36.7 Å². The fraction of sp³-hybridized carbons (Fsp3) is 0.524. The van der Waals surface area contributed by atoms with Crippen molar-refractivity contribution in [3.05, 3.63) is 53.3 Å². The topological polar surface area (TPSA) is 59.4 Å². The van der Waals surface area contributed by atoms with E-state index in [0.717, 1.165) is 32.5 Å². The van der Waals surface area contributed by atoms with Gasteiger partial charge in [-0.1, -0.05) is 29.8 Å².